The Morgan fingerprint density at radius 3 is 2.57 bits per heavy atom. The molecule has 0 heterocycles. The van der Waals surface area contributed by atoms with Crippen LogP contribution in [0.15, 0.2) is 36.4 Å². The van der Waals surface area contributed by atoms with Crippen LogP contribution in [0.5, 0.6) is 17.2 Å². The van der Waals surface area contributed by atoms with E-state index in [2.05, 4.69) is 0 Å². The van der Waals surface area contributed by atoms with E-state index in [1.165, 1.54) is 6.07 Å². The number of benzene rings is 2. The third kappa shape index (κ3) is 3.28. The van der Waals surface area contributed by atoms with Crippen LogP contribution < -0.4 is 4.74 Å². The van der Waals surface area contributed by atoms with E-state index in [4.69, 9.17) is 4.74 Å². The summed E-state index contributed by atoms with van der Waals surface area (Å²) in [6, 6.07) is 9.87. The minimum absolute atomic E-state index is 0.0906. The van der Waals surface area contributed by atoms with E-state index >= 15 is 0 Å². The third-order valence-electron chi connectivity index (χ3n) is 4.07. The first-order valence-corrected chi connectivity index (χ1v) is 7.75. The molecule has 0 spiro atoms. The number of nitro benzene ring substituents is 1. The fourth-order valence-electron chi connectivity index (χ4n) is 2.64. The second-order valence-corrected chi connectivity index (χ2v) is 6.23. The molecule has 0 bridgehead atoms. The summed E-state index contributed by atoms with van der Waals surface area (Å²) in [5.41, 5.74) is 1.79. The number of aromatic hydroxyl groups is 1. The number of rotatable bonds is 5. The number of phenolic OH excluding ortho intramolecular Hbond substituents is 1. The largest absolute Gasteiger partial charge is 0.508 e. The average Bonchev–Trinajstić information content (AvgIpc) is 3.33. The highest BCUT2D eigenvalue weighted by Crippen LogP contribution is 2.46. The summed E-state index contributed by atoms with van der Waals surface area (Å²) in [4.78, 5) is 10.6. The molecule has 1 fully saturated rings. The molecule has 0 unspecified atom stereocenters. The minimum Gasteiger partial charge on any atom is -0.508 e. The monoisotopic (exact) mass is 313 g/mol. The van der Waals surface area contributed by atoms with E-state index < -0.39 is 0 Å². The lowest BCUT2D eigenvalue weighted by molar-refractivity contribution is -0.384. The lowest BCUT2D eigenvalue weighted by atomic mass is 10.0. The molecule has 1 N–H and O–H groups in total. The van der Waals surface area contributed by atoms with Crippen molar-refractivity contribution in [2.24, 2.45) is 0 Å². The van der Waals surface area contributed by atoms with Gasteiger partial charge in [0.25, 0.3) is 5.69 Å². The van der Waals surface area contributed by atoms with Crippen molar-refractivity contribution in [3.63, 3.8) is 0 Å². The second-order valence-electron chi connectivity index (χ2n) is 6.23. The van der Waals surface area contributed by atoms with Gasteiger partial charge in [-0.1, -0.05) is 13.8 Å². The molecule has 0 aliphatic heterocycles. The summed E-state index contributed by atoms with van der Waals surface area (Å²) in [7, 11) is 0. The number of hydrogen-bond acceptors (Lipinski definition) is 4. The Kier molecular flexibility index (Phi) is 3.94. The molecule has 1 aliphatic rings. The van der Waals surface area contributed by atoms with Crippen LogP contribution in [-0.4, -0.2) is 10.0 Å². The Morgan fingerprint density at radius 2 is 1.96 bits per heavy atom. The van der Waals surface area contributed by atoms with Crippen molar-refractivity contribution in [1.29, 1.82) is 0 Å². The molecule has 2 aromatic carbocycles. The molecule has 1 aliphatic carbocycles. The van der Waals surface area contributed by atoms with Gasteiger partial charge in [-0.05, 0) is 48.9 Å². The summed E-state index contributed by atoms with van der Waals surface area (Å²) >= 11 is 0. The van der Waals surface area contributed by atoms with Crippen LogP contribution in [0.1, 0.15) is 49.7 Å². The molecule has 0 saturated heterocycles. The van der Waals surface area contributed by atoms with Crippen LogP contribution in [0, 0.1) is 10.1 Å². The zero-order valence-corrected chi connectivity index (χ0v) is 13.2. The summed E-state index contributed by atoms with van der Waals surface area (Å²) in [6.45, 7) is 4.00. The summed E-state index contributed by atoms with van der Waals surface area (Å²) in [5.74, 6) is 2.05. The number of nitro groups is 1. The Morgan fingerprint density at radius 1 is 1.22 bits per heavy atom. The smallest absolute Gasteiger partial charge is 0.269 e. The molecule has 120 valence electrons. The highest BCUT2D eigenvalue weighted by Gasteiger charge is 2.29. The first kappa shape index (κ1) is 15.3. The SMILES string of the molecule is CC(C)c1cc(Oc2ccc([N+](=O)[O-])cc2C2CC2)ccc1O. The Balaban J connectivity index is 1.94. The molecule has 0 radical (unpaired) electrons. The standard InChI is InChI=1S/C18H19NO4/c1-11(2)15-10-14(6-7-17(15)20)23-18-8-5-13(19(21)22)9-16(18)12-3-4-12/h5-12,20H,3-4H2,1-2H3. The van der Waals surface area contributed by atoms with Gasteiger partial charge in [0.05, 0.1) is 4.92 Å². The molecule has 0 atom stereocenters. The van der Waals surface area contributed by atoms with Crippen LogP contribution in [0.3, 0.4) is 0 Å². The van der Waals surface area contributed by atoms with Crippen molar-refractivity contribution in [3.8, 4) is 17.2 Å². The molecule has 0 amide bonds. The molecular formula is C18H19NO4. The van der Waals surface area contributed by atoms with Crippen molar-refractivity contribution >= 4 is 5.69 Å². The van der Waals surface area contributed by atoms with Gasteiger partial charge in [-0.25, -0.2) is 0 Å². The number of nitrogens with zero attached hydrogens (tertiary/aromatic N) is 1. The number of hydrogen-bond donors (Lipinski definition) is 1. The average molecular weight is 313 g/mol. The molecule has 5 nitrogen and oxygen atoms in total. The van der Waals surface area contributed by atoms with Crippen molar-refractivity contribution in [2.75, 3.05) is 0 Å². The van der Waals surface area contributed by atoms with Crippen LogP contribution in [0.25, 0.3) is 0 Å². The van der Waals surface area contributed by atoms with E-state index in [1.807, 2.05) is 19.9 Å². The van der Waals surface area contributed by atoms with E-state index in [0.29, 0.717) is 17.4 Å². The predicted molar refractivity (Wildman–Crippen MR) is 87.3 cm³/mol. The molecule has 23 heavy (non-hydrogen) atoms. The van der Waals surface area contributed by atoms with Gasteiger partial charge in [0.1, 0.15) is 17.2 Å². The molecule has 2 aromatic rings. The van der Waals surface area contributed by atoms with Crippen LogP contribution in [0.4, 0.5) is 5.69 Å². The maximum Gasteiger partial charge on any atom is 0.269 e. The van der Waals surface area contributed by atoms with Crippen molar-refractivity contribution in [3.05, 3.63) is 57.6 Å². The third-order valence-corrected chi connectivity index (χ3v) is 4.07. The predicted octanol–water partition coefficient (Wildman–Crippen LogP) is 5.09. The van der Waals surface area contributed by atoms with Crippen molar-refractivity contribution in [2.45, 2.75) is 38.5 Å². The highest BCUT2D eigenvalue weighted by molar-refractivity contribution is 5.50. The van der Waals surface area contributed by atoms with E-state index in [1.54, 1.807) is 24.3 Å². The Bertz CT molecular complexity index is 751. The van der Waals surface area contributed by atoms with E-state index in [9.17, 15) is 15.2 Å². The first-order valence-electron chi connectivity index (χ1n) is 7.75. The zero-order valence-electron chi connectivity index (χ0n) is 13.2. The van der Waals surface area contributed by atoms with E-state index in [0.717, 1.165) is 24.0 Å². The molecular weight excluding hydrogens is 294 g/mol. The van der Waals surface area contributed by atoms with Gasteiger partial charge in [-0.15, -0.1) is 0 Å². The fourth-order valence-corrected chi connectivity index (χ4v) is 2.64. The quantitative estimate of drug-likeness (QED) is 0.616. The van der Waals surface area contributed by atoms with Gasteiger partial charge in [0.2, 0.25) is 0 Å². The Labute approximate surface area is 134 Å². The maximum absolute atomic E-state index is 11.0. The number of ether oxygens (including phenoxy) is 1. The van der Waals surface area contributed by atoms with Gasteiger partial charge < -0.3 is 9.84 Å². The summed E-state index contributed by atoms with van der Waals surface area (Å²) < 4.78 is 5.96. The molecule has 5 heteroatoms. The first-order chi connectivity index (χ1) is 11.0. The fraction of sp³-hybridized carbons (Fsp3) is 0.333. The van der Waals surface area contributed by atoms with Crippen LogP contribution in [-0.2, 0) is 0 Å². The van der Waals surface area contributed by atoms with Gasteiger partial charge in [-0.3, -0.25) is 10.1 Å². The minimum atomic E-state index is -0.382. The number of phenols is 1. The molecule has 3 rings (SSSR count). The Hall–Kier alpha value is -2.56. The number of non-ortho nitro benzene ring substituents is 1. The lowest BCUT2D eigenvalue weighted by Gasteiger charge is -2.14. The zero-order chi connectivity index (χ0) is 16.6. The normalized spacial score (nSPS) is 14.0. The topological polar surface area (TPSA) is 72.6 Å². The van der Waals surface area contributed by atoms with Gasteiger partial charge in [0.15, 0.2) is 0 Å². The van der Waals surface area contributed by atoms with Gasteiger partial charge in [0, 0.05) is 23.3 Å². The van der Waals surface area contributed by atoms with E-state index in [-0.39, 0.29) is 22.3 Å². The summed E-state index contributed by atoms with van der Waals surface area (Å²) in [5, 5.41) is 20.9. The molecule has 0 aromatic heterocycles. The van der Waals surface area contributed by atoms with Crippen molar-refractivity contribution in [1.82, 2.24) is 0 Å². The highest BCUT2D eigenvalue weighted by atomic mass is 16.6. The lowest BCUT2D eigenvalue weighted by Crippen LogP contribution is -1.95. The van der Waals surface area contributed by atoms with Crippen molar-refractivity contribution < 1.29 is 14.8 Å². The maximum atomic E-state index is 11.0. The summed E-state index contributed by atoms with van der Waals surface area (Å²) in [6.07, 6.45) is 2.06. The molecule has 1 saturated carbocycles. The van der Waals surface area contributed by atoms with Crippen LogP contribution >= 0.6 is 0 Å². The van der Waals surface area contributed by atoms with Gasteiger partial charge >= 0.3 is 0 Å². The van der Waals surface area contributed by atoms with Crippen LogP contribution in [0.2, 0.25) is 0 Å². The second kappa shape index (κ2) is 5.91. The van der Waals surface area contributed by atoms with Gasteiger partial charge in [-0.2, -0.15) is 0 Å².